The second-order valence-corrected chi connectivity index (χ2v) is 7.13. The number of aryl methyl sites for hydroxylation is 1. The van der Waals surface area contributed by atoms with Crippen molar-refractivity contribution in [2.24, 2.45) is 0 Å². The van der Waals surface area contributed by atoms with Crippen molar-refractivity contribution in [2.75, 3.05) is 13.2 Å². The molecule has 0 fully saturated rings. The second kappa shape index (κ2) is 8.31. The van der Waals surface area contributed by atoms with Crippen LogP contribution in [0.4, 0.5) is 9.18 Å². The molecule has 0 spiro atoms. The quantitative estimate of drug-likeness (QED) is 0.611. The topological polar surface area (TPSA) is 38.3 Å². The molecule has 0 unspecified atom stereocenters. The molecule has 4 rings (SSSR count). The molecule has 1 aliphatic carbocycles. The minimum absolute atomic E-state index is 0.0325. The lowest BCUT2D eigenvalue weighted by atomic mass is 9.98. The van der Waals surface area contributed by atoms with E-state index in [1.54, 1.807) is 24.3 Å². The van der Waals surface area contributed by atoms with Crippen LogP contribution in [0.5, 0.6) is 0 Å². The number of benzene rings is 3. The lowest BCUT2D eigenvalue weighted by Crippen LogP contribution is -2.26. The van der Waals surface area contributed by atoms with Gasteiger partial charge in [0.25, 0.3) is 0 Å². The fourth-order valence-electron chi connectivity index (χ4n) is 3.77. The number of rotatable bonds is 5. The van der Waals surface area contributed by atoms with Crippen LogP contribution in [0.15, 0.2) is 72.8 Å². The molecule has 146 valence electrons. The van der Waals surface area contributed by atoms with Crippen molar-refractivity contribution < 1.29 is 13.9 Å². The van der Waals surface area contributed by atoms with Crippen molar-refractivity contribution in [1.82, 2.24) is 5.32 Å². The van der Waals surface area contributed by atoms with E-state index in [1.165, 1.54) is 28.3 Å². The zero-order valence-electron chi connectivity index (χ0n) is 16.2. The maximum absolute atomic E-state index is 13.7. The minimum atomic E-state index is -0.485. The third-order valence-corrected chi connectivity index (χ3v) is 5.16. The molecule has 3 aromatic rings. The van der Waals surface area contributed by atoms with Crippen LogP contribution in [0.2, 0.25) is 0 Å². The Kier molecular flexibility index (Phi) is 5.43. The van der Waals surface area contributed by atoms with Gasteiger partial charge in [-0.05, 0) is 41.3 Å². The SMILES string of the molecule is Cc1ccc(F)c(C=CCNC(=O)OCC2c3ccccc3-c3ccccc32)c1. The van der Waals surface area contributed by atoms with E-state index in [4.69, 9.17) is 4.74 Å². The number of alkyl carbamates (subject to hydrolysis) is 1. The molecule has 0 aliphatic heterocycles. The van der Waals surface area contributed by atoms with Gasteiger partial charge in [-0.2, -0.15) is 0 Å². The number of fused-ring (bicyclic) bond motifs is 3. The molecule has 1 amide bonds. The highest BCUT2D eigenvalue weighted by Crippen LogP contribution is 2.44. The number of carbonyl (C=O) groups is 1. The Morgan fingerprint density at radius 1 is 1.03 bits per heavy atom. The Labute approximate surface area is 169 Å². The van der Waals surface area contributed by atoms with Gasteiger partial charge in [-0.1, -0.05) is 72.3 Å². The largest absolute Gasteiger partial charge is 0.449 e. The number of amides is 1. The van der Waals surface area contributed by atoms with E-state index < -0.39 is 6.09 Å². The maximum atomic E-state index is 13.7. The van der Waals surface area contributed by atoms with Crippen LogP contribution in [0.1, 0.15) is 28.2 Å². The standard InChI is InChI=1S/C25H22FNO2/c1-17-12-13-24(26)18(15-17)7-6-14-27-25(28)29-16-23-21-10-4-2-8-19(21)20-9-3-5-11-22(20)23/h2-13,15,23H,14,16H2,1H3,(H,27,28). The zero-order chi connectivity index (χ0) is 20.2. The predicted octanol–water partition coefficient (Wildman–Crippen LogP) is 5.69. The van der Waals surface area contributed by atoms with E-state index in [2.05, 4.69) is 29.6 Å². The van der Waals surface area contributed by atoms with E-state index in [0.717, 1.165) is 5.56 Å². The van der Waals surface area contributed by atoms with Crippen molar-refractivity contribution in [1.29, 1.82) is 0 Å². The maximum Gasteiger partial charge on any atom is 0.407 e. The average molecular weight is 387 g/mol. The molecule has 0 heterocycles. The van der Waals surface area contributed by atoms with E-state index in [1.807, 2.05) is 31.2 Å². The summed E-state index contributed by atoms with van der Waals surface area (Å²) in [4.78, 5) is 12.1. The van der Waals surface area contributed by atoms with Crippen LogP contribution in [0, 0.1) is 12.7 Å². The van der Waals surface area contributed by atoms with E-state index >= 15 is 0 Å². The summed E-state index contributed by atoms with van der Waals surface area (Å²) in [5.41, 5.74) is 6.22. The van der Waals surface area contributed by atoms with E-state index in [9.17, 15) is 9.18 Å². The van der Waals surface area contributed by atoms with Gasteiger partial charge in [0.1, 0.15) is 12.4 Å². The lowest BCUT2D eigenvalue weighted by molar-refractivity contribution is 0.144. The summed E-state index contributed by atoms with van der Waals surface area (Å²) >= 11 is 0. The van der Waals surface area contributed by atoms with Crippen LogP contribution in [0.25, 0.3) is 17.2 Å². The van der Waals surface area contributed by atoms with Crippen LogP contribution in [-0.4, -0.2) is 19.2 Å². The molecule has 0 aromatic heterocycles. The third kappa shape index (κ3) is 4.06. The first-order chi connectivity index (χ1) is 14.1. The van der Waals surface area contributed by atoms with Crippen LogP contribution in [0.3, 0.4) is 0 Å². The van der Waals surface area contributed by atoms with Crippen LogP contribution in [-0.2, 0) is 4.74 Å². The molecule has 0 bridgehead atoms. The van der Waals surface area contributed by atoms with Crippen molar-refractivity contribution in [2.45, 2.75) is 12.8 Å². The monoisotopic (exact) mass is 387 g/mol. The van der Waals surface area contributed by atoms with Crippen molar-refractivity contribution in [3.8, 4) is 11.1 Å². The fourth-order valence-corrected chi connectivity index (χ4v) is 3.77. The van der Waals surface area contributed by atoms with E-state index in [0.29, 0.717) is 5.56 Å². The number of hydrogen-bond acceptors (Lipinski definition) is 2. The molecule has 0 saturated heterocycles. The van der Waals surface area contributed by atoms with Gasteiger partial charge >= 0.3 is 6.09 Å². The molecule has 1 N–H and O–H groups in total. The second-order valence-electron chi connectivity index (χ2n) is 7.13. The van der Waals surface area contributed by atoms with Gasteiger partial charge in [0.05, 0.1) is 0 Å². The van der Waals surface area contributed by atoms with Crippen molar-refractivity contribution in [3.05, 3.63) is 101 Å². The zero-order valence-corrected chi connectivity index (χ0v) is 16.2. The van der Waals surface area contributed by atoms with Gasteiger partial charge in [-0.3, -0.25) is 0 Å². The molecule has 0 saturated carbocycles. The Morgan fingerprint density at radius 3 is 2.38 bits per heavy atom. The summed E-state index contributed by atoms with van der Waals surface area (Å²) in [7, 11) is 0. The highest BCUT2D eigenvalue weighted by Gasteiger charge is 2.28. The summed E-state index contributed by atoms with van der Waals surface area (Å²) in [6.07, 6.45) is 2.88. The normalized spacial score (nSPS) is 12.6. The molecule has 29 heavy (non-hydrogen) atoms. The van der Waals surface area contributed by atoms with Crippen LogP contribution >= 0.6 is 0 Å². The number of nitrogens with one attached hydrogen (secondary N) is 1. The number of hydrogen-bond donors (Lipinski definition) is 1. The predicted molar refractivity (Wildman–Crippen MR) is 113 cm³/mol. The summed E-state index contributed by atoms with van der Waals surface area (Å²) in [5.74, 6) is -0.252. The van der Waals surface area contributed by atoms with Gasteiger partial charge < -0.3 is 10.1 Å². The Balaban J connectivity index is 1.34. The van der Waals surface area contributed by atoms with Crippen molar-refractivity contribution >= 4 is 12.2 Å². The third-order valence-electron chi connectivity index (χ3n) is 5.16. The molecule has 0 radical (unpaired) electrons. The minimum Gasteiger partial charge on any atom is -0.449 e. The Hall–Kier alpha value is -3.40. The van der Waals surface area contributed by atoms with Crippen molar-refractivity contribution in [3.63, 3.8) is 0 Å². The Morgan fingerprint density at radius 2 is 1.69 bits per heavy atom. The summed E-state index contributed by atoms with van der Waals surface area (Å²) in [6.45, 7) is 2.45. The first-order valence-corrected chi connectivity index (χ1v) is 9.65. The molecule has 3 nitrogen and oxygen atoms in total. The summed E-state index contributed by atoms with van der Waals surface area (Å²) in [5, 5.41) is 2.69. The summed E-state index contributed by atoms with van der Waals surface area (Å²) < 4.78 is 19.2. The number of ether oxygens (including phenoxy) is 1. The molecule has 1 aliphatic rings. The van der Waals surface area contributed by atoms with Gasteiger partial charge in [-0.15, -0.1) is 0 Å². The summed E-state index contributed by atoms with van der Waals surface area (Å²) in [6, 6.07) is 21.4. The first kappa shape index (κ1) is 18.9. The highest BCUT2D eigenvalue weighted by atomic mass is 19.1. The fraction of sp³-hybridized carbons (Fsp3) is 0.160. The number of carbonyl (C=O) groups excluding carboxylic acids is 1. The molecule has 0 atom stereocenters. The number of halogens is 1. The van der Waals surface area contributed by atoms with Crippen LogP contribution < -0.4 is 5.32 Å². The highest BCUT2D eigenvalue weighted by molar-refractivity contribution is 5.79. The molecular weight excluding hydrogens is 365 g/mol. The smallest absolute Gasteiger partial charge is 0.407 e. The first-order valence-electron chi connectivity index (χ1n) is 9.65. The van der Waals surface area contributed by atoms with Gasteiger partial charge in [-0.25, -0.2) is 9.18 Å². The van der Waals surface area contributed by atoms with E-state index in [-0.39, 0.29) is 24.9 Å². The van der Waals surface area contributed by atoms with Gasteiger partial charge in [0, 0.05) is 18.0 Å². The molecule has 3 aromatic carbocycles. The molecular formula is C25H22FNO2. The Bertz CT molecular complexity index is 1030. The van der Waals surface area contributed by atoms with Gasteiger partial charge in [0.2, 0.25) is 0 Å². The van der Waals surface area contributed by atoms with Gasteiger partial charge in [0.15, 0.2) is 0 Å². The lowest BCUT2D eigenvalue weighted by Gasteiger charge is -2.14. The molecule has 4 heteroatoms. The average Bonchev–Trinajstić information content (AvgIpc) is 3.06.